The molecule has 3 aromatic carbocycles. The molecule has 3 amide bonds. The highest BCUT2D eigenvalue weighted by molar-refractivity contribution is 5.96. The molecule has 1 unspecified atom stereocenters. The number of amides is 3. The summed E-state index contributed by atoms with van der Waals surface area (Å²) in [5.41, 5.74) is 17.9. The van der Waals surface area contributed by atoms with Crippen LogP contribution >= 0.6 is 0 Å². The Kier molecular flexibility index (Phi) is 14.0. The highest BCUT2D eigenvalue weighted by atomic mass is 16.5. The quantitative estimate of drug-likeness (QED) is 0.0793. The van der Waals surface area contributed by atoms with E-state index in [0.29, 0.717) is 70.6 Å². The van der Waals surface area contributed by atoms with E-state index >= 15 is 4.79 Å². The maximum atomic E-state index is 15.1. The zero-order valence-electron chi connectivity index (χ0n) is 40.7. The fourth-order valence-corrected chi connectivity index (χ4v) is 11.3. The second kappa shape index (κ2) is 19.6. The largest absolute Gasteiger partial charge is 0.464 e. The van der Waals surface area contributed by atoms with Crippen LogP contribution in [0.1, 0.15) is 77.0 Å². The van der Waals surface area contributed by atoms with Crippen molar-refractivity contribution < 1.29 is 28.7 Å². The van der Waals surface area contributed by atoms with Gasteiger partial charge in [-0.1, -0.05) is 70.7 Å². The van der Waals surface area contributed by atoms with Crippen LogP contribution < -0.4 is 16.5 Å². The summed E-state index contributed by atoms with van der Waals surface area (Å²) >= 11 is 0. The van der Waals surface area contributed by atoms with Crippen molar-refractivity contribution in [2.75, 3.05) is 59.3 Å². The summed E-state index contributed by atoms with van der Waals surface area (Å²) in [6.07, 6.45) is 5.57. The van der Waals surface area contributed by atoms with E-state index in [1.54, 1.807) is 12.1 Å². The monoisotopic (exact) mass is 914 g/mol. The molecule has 8 rings (SSSR count). The first kappa shape index (κ1) is 48.0. The minimum Gasteiger partial charge on any atom is -0.464 e. The number of methoxy groups -OCH3 is 1. The van der Waals surface area contributed by atoms with Gasteiger partial charge in [0, 0.05) is 73.4 Å². The molecule has 4 aliphatic rings. The van der Waals surface area contributed by atoms with Gasteiger partial charge in [-0.2, -0.15) is 0 Å². The number of benzene rings is 3. The lowest BCUT2D eigenvalue weighted by Crippen LogP contribution is -2.58. The van der Waals surface area contributed by atoms with Crippen LogP contribution in [0.25, 0.3) is 33.3 Å². The molecule has 6 bridgehead atoms. The topological polar surface area (TPSA) is 151 Å². The number of hydrazine groups is 1. The SMILES string of the molecule is C=CC(=O)N1CC[C@H](CN(C)[C@H](C(=O)NC2C[C@@]23Cc2cc(N)cc(c2)-c2ccc4c(c2)c(c(-c2ccccc2CCOC)n4CC)CC(C)(C)COC(=O)[C@@H]2CCCN(N2)C3=O)C(C)C)C1. The number of nitrogen functional groups attached to an aromatic ring is 1. The molecule has 5 atom stereocenters. The van der Waals surface area contributed by atoms with E-state index < -0.39 is 29.0 Å². The van der Waals surface area contributed by atoms with E-state index in [1.807, 2.05) is 37.9 Å². The number of aromatic nitrogens is 1. The van der Waals surface area contributed by atoms with Gasteiger partial charge in [0.05, 0.1) is 30.4 Å². The normalized spacial score (nSPS) is 23.4. The third-order valence-corrected chi connectivity index (χ3v) is 14.7. The molecule has 4 aromatic rings. The summed E-state index contributed by atoms with van der Waals surface area (Å²) in [6.45, 7) is 18.1. The first-order chi connectivity index (χ1) is 32.1. The first-order valence-electron chi connectivity index (χ1n) is 24.3. The Morgan fingerprint density at radius 2 is 1.85 bits per heavy atom. The molecule has 1 spiro atoms. The Balaban J connectivity index is 1.17. The van der Waals surface area contributed by atoms with Crippen molar-refractivity contribution in [1.29, 1.82) is 0 Å². The van der Waals surface area contributed by atoms with Crippen LogP contribution in [0.5, 0.6) is 0 Å². The number of ether oxygens (including phenoxy) is 2. The molecule has 13 heteroatoms. The molecule has 1 saturated carbocycles. The zero-order valence-corrected chi connectivity index (χ0v) is 40.7. The summed E-state index contributed by atoms with van der Waals surface area (Å²) in [4.78, 5) is 59.8. The number of fused-ring (bicyclic) bond motifs is 6. The van der Waals surface area contributed by atoms with Gasteiger partial charge in [-0.25, -0.2) is 5.43 Å². The number of carbonyl (C=O) groups excluding carboxylic acids is 4. The van der Waals surface area contributed by atoms with Crippen LogP contribution in [0, 0.1) is 22.7 Å². The number of likely N-dealkylation sites (N-methyl/N-ethyl adjacent to an activating group) is 1. The Bertz CT molecular complexity index is 2530. The molecule has 2 saturated heterocycles. The van der Waals surface area contributed by atoms with Crippen molar-refractivity contribution in [2.45, 2.75) is 104 Å². The lowest BCUT2D eigenvalue weighted by Gasteiger charge is -2.36. The summed E-state index contributed by atoms with van der Waals surface area (Å²) < 4.78 is 14.2. The second-order valence-electron chi connectivity index (χ2n) is 20.8. The molecule has 0 radical (unpaired) electrons. The molecule has 4 N–H and O–H groups in total. The molecule has 358 valence electrons. The van der Waals surface area contributed by atoms with Gasteiger partial charge in [-0.3, -0.25) is 29.1 Å². The lowest BCUT2D eigenvalue weighted by molar-refractivity contribution is -0.156. The van der Waals surface area contributed by atoms with Gasteiger partial charge in [-0.05, 0) is 129 Å². The van der Waals surface area contributed by atoms with Gasteiger partial charge in [-0.15, -0.1) is 0 Å². The molecule has 1 aliphatic carbocycles. The molecule has 4 heterocycles. The third-order valence-electron chi connectivity index (χ3n) is 14.7. The van der Waals surface area contributed by atoms with Crippen LogP contribution in [0.2, 0.25) is 0 Å². The number of cyclic esters (lactones) is 1. The molecule has 67 heavy (non-hydrogen) atoms. The van der Waals surface area contributed by atoms with E-state index in [1.165, 1.54) is 17.2 Å². The van der Waals surface area contributed by atoms with Crippen LogP contribution in [-0.4, -0.2) is 115 Å². The van der Waals surface area contributed by atoms with Gasteiger partial charge >= 0.3 is 5.97 Å². The predicted octanol–water partition coefficient (Wildman–Crippen LogP) is 6.80. The van der Waals surface area contributed by atoms with Gasteiger partial charge < -0.3 is 30.0 Å². The Morgan fingerprint density at radius 3 is 2.60 bits per heavy atom. The number of hydrogen-bond acceptors (Lipinski definition) is 9. The van der Waals surface area contributed by atoms with Gasteiger partial charge in [0.2, 0.25) is 17.7 Å². The van der Waals surface area contributed by atoms with Crippen LogP contribution in [0.3, 0.4) is 0 Å². The van der Waals surface area contributed by atoms with E-state index in [-0.39, 0.29) is 42.1 Å². The van der Waals surface area contributed by atoms with Crippen molar-refractivity contribution in [3.05, 3.63) is 90.0 Å². The molecule has 1 aromatic heterocycles. The van der Waals surface area contributed by atoms with E-state index in [0.717, 1.165) is 58.2 Å². The number of likely N-dealkylation sites (tertiary alicyclic amines) is 1. The predicted molar refractivity (Wildman–Crippen MR) is 264 cm³/mol. The minimum atomic E-state index is -0.982. The van der Waals surface area contributed by atoms with Crippen molar-refractivity contribution in [1.82, 2.24) is 30.1 Å². The average molecular weight is 914 g/mol. The molecular weight excluding hydrogens is 843 g/mol. The number of rotatable bonds is 12. The number of anilines is 1. The Hall–Kier alpha value is -5.50. The van der Waals surface area contributed by atoms with E-state index in [9.17, 15) is 14.4 Å². The number of nitrogens with zero attached hydrogens (tertiary/aromatic N) is 4. The number of carbonyl (C=O) groups is 4. The summed E-state index contributed by atoms with van der Waals surface area (Å²) in [5, 5.41) is 6.07. The van der Waals surface area contributed by atoms with Crippen molar-refractivity contribution in [3.8, 4) is 22.4 Å². The highest BCUT2D eigenvalue weighted by Gasteiger charge is 2.62. The fraction of sp³-hybridized carbons (Fsp3) is 0.519. The number of nitrogens with two attached hydrogens (primary N) is 1. The Labute approximate surface area is 396 Å². The number of nitrogens with one attached hydrogen (secondary N) is 2. The fourth-order valence-electron chi connectivity index (χ4n) is 11.3. The standard InChI is InChI=1S/C54H71N7O6/c1-9-47(62)59-22-19-35(32-59)31-58(7)48(34(3)4)50(63)56-46-30-54(46)28-36-24-39(26-40(55)25-36)38-17-18-45-42(27-38)43(49(60(45)10-2)41-15-12-11-14-37(41)20-23-66-8)29-53(5,6)33-67-51(64)44-16-13-21-61(57-44)52(54)65/h9,11-12,14-15,17-18,24-27,34-35,44,46,48,57H,1,10,13,16,19-23,28-33,55H2,2-8H3,(H,56,63)/t35-,44+,46?,48+,54+/m1/s1. The van der Waals surface area contributed by atoms with Crippen molar-refractivity contribution in [3.63, 3.8) is 0 Å². The van der Waals surface area contributed by atoms with Gasteiger partial charge in [0.15, 0.2) is 0 Å². The second-order valence-corrected chi connectivity index (χ2v) is 20.8. The lowest BCUT2D eigenvalue weighted by atomic mass is 9.83. The summed E-state index contributed by atoms with van der Waals surface area (Å²) in [6, 6.07) is 19.7. The van der Waals surface area contributed by atoms with Crippen molar-refractivity contribution in [2.24, 2.45) is 22.7 Å². The van der Waals surface area contributed by atoms with Crippen LogP contribution in [0.4, 0.5) is 5.69 Å². The number of aryl methyl sites for hydroxylation is 1. The summed E-state index contributed by atoms with van der Waals surface area (Å²) in [5.74, 6) is -0.515. The van der Waals surface area contributed by atoms with Gasteiger partial charge in [0.1, 0.15) is 6.04 Å². The van der Waals surface area contributed by atoms with Crippen LogP contribution in [-0.2, 0) is 54.5 Å². The molecule has 3 aliphatic heterocycles. The minimum absolute atomic E-state index is 0.0152. The van der Waals surface area contributed by atoms with Crippen molar-refractivity contribution >= 4 is 40.3 Å². The maximum Gasteiger partial charge on any atom is 0.324 e. The van der Waals surface area contributed by atoms with E-state index in [4.69, 9.17) is 15.2 Å². The number of hydrogen-bond donors (Lipinski definition) is 3. The van der Waals surface area contributed by atoms with Gasteiger partial charge in [0.25, 0.3) is 0 Å². The first-order valence-corrected chi connectivity index (χ1v) is 24.3. The third kappa shape index (κ3) is 9.92. The zero-order chi connectivity index (χ0) is 47.8. The Morgan fingerprint density at radius 1 is 1.06 bits per heavy atom. The maximum absolute atomic E-state index is 15.1. The number of esters is 1. The van der Waals surface area contributed by atoms with Crippen LogP contribution in [0.15, 0.2) is 73.3 Å². The average Bonchev–Trinajstić information content (AvgIpc) is 3.61. The highest BCUT2D eigenvalue weighted by Crippen LogP contribution is 2.51. The molecular formula is C54H71N7O6. The van der Waals surface area contributed by atoms with E-state index in [2.05, 4.69) is 96.1 Å². The smallest absolute Gasteiger partial charge is 0.324 e. The molecule has 3 fully saturated rings. The summed E-state index contributed by atoms with van der Waals surface area (Å²) in [7, 11) is 3.70. The molecule has 13 nitrogen and oxygen atoms in total.